The van der Waals surface area contributed by atoms with Crippen LogP contribution in [0.1, 0.15) is 17.5 Å². The van der Waals surface area contributed by atoms with Crippen LogP contribution in [0, 0.1) is 11.3 Å². The zero-order valence-electron chi connectivity index (χ0n) is 16.1. The SMILES string of the molecule is COc1ccc(CCCNCC(O)COc2ccc(C#N)cc2Cl)cc1OC. The summed E-state index contributed by atoms with van der Waals surface area (Å²) in [6, 6.07) is 12.7. The van der Waals surface area contributed by atoms with E-state index >= 15 is 0 Å². The second-order valence-electron chi connectivity index (χ2n) is 6.22. The predicted molar refractivity (Wildman–Crippen MR) is 108 cm³/mol. The summed E-state index contributed by atoms with van der Waals surface area (Å²) in [5, 5.41) is 22.4. The van der Waals surface area contributed by atoms with Crippen molar-refractivity contribution in [2.45, 2.75) is 18.9 Å². The molecule has 0 bridgehead atoms. The Morgan fingerprint density at radius 2 is 1.86 bits per heavy atom. The normalized spacial score (nSPS) is 11.5. The summed E-state index contributed by atoms with van der Waals surface area (Å²) in [5.41, 5.74) is 1.63. The van der Waals surface area contributed by atoms with E-state index in [4.69, 9.17) is 31.1 Å². The highest BCUT2D eigenvalue weighted by molar-refractivity contribution is 6.32. The Morgan fingerprint density at radius 3 is 2.54 bits per heavy atom. The summed E-state index contributed by atoms with van der Waals surface area (Å²) in [6.07, 6.45) is 1.15. The molecule has 0 saturated heterocycles. The number of methoxy groups -OCH3 is 2. The first-order valence-corrected chi connectivity index (χ1v) is 9.37. The van der Waals surface area contributed by atoms with Crippen molar-refractivity contribution < 1.29 is 19.3 Å². The van der Waals surface area contributed by atoms with Gasteiger partial charge in [0.25, 0.3) is 0 Å². The molecule has 0 heterocycles. The summed E-state index contributed by atoms with van der Waals surface area (Å²) in [7, 11) is 3.24. The van der Waals surface area contributed by atoms with Gasteiger partial charge >= 0.3 is 0 Å². The molecule has 0 fully saturated rings. The van der Waals surface area contributed by atoms with Crippen molar-refractivity contribution in [2.24, 2.45) is 0 Å². The number of benzene rings is 2. The van der Waals surface area contributed by atoms with Crippen LogP contribution in [0.15, 0.2) is 36.4 Å². The zero-order chi connectivity index (χ0) is 20.4. The van der Waals surface area contributed by atoms with Crippen LogP contribution in [0.5, 0.6) is 17.2 Å². The van der Waals surface area contributed by atoms with Gasteiger partial charge in [-0.2, -0.15) is 5.26 Å². The van der Waals surface area contributed by atoms with Crippen molar-refractivity contribution in [2.75, 3.05) is 33.9 Å². The fourth-order valence-corrected chi connectivity index (χ4v) is 2.89. The third kappa shape index (κ3) is 6.61. The highest BCUT2D eigenvalue weighted by Crippen LogP contribution is 2.28. The minimum atomic E-state index is -0.659. The molecule has 0 spiro atoms. The minimum Gasteiger partial charge on any atom is -0.493 e. The van der Waals surface area contributed by atoms with Gasteiger partial charge in [-0.1, -0.05) is 17.7 Å². The Kier molecular flexibility index (Phi) is 8.89. The first kappa shape index (κ1) is 21.8. The van der Waals surface area contributed by atoms with Gasteiger partial charge in [0.2, 0.25) is 0 Å². The van der Waals surface area contributed by atoms with Gasteiger partial charge in [0, 0.05) is 6.54 Å². The van der Waals surface area contributed by atoms with Crippen LogP contribution >= 0.6 is 11.6 Å². The van der Waals surface area contributed by atoms with E-state index in [1.165, 1.54) is 11.6 Å². The summed E-state index contributed by atoms with van der Waals surface area (Å²) < 4.78 is 16.1. The molecule has 2 aromatic rings. The Bertz CT molecular complexity index is 807. The molecular weight excluding hydrogens is 380 g/mol. The van der Waals surface area contributed by atoms with Gasteiger partial charge in [0.15, 0.2) is 11.5 Å². The lowest BCUT2D eigenvalue weighted by atomic mass is 10.1. The van der Waals surface area contributed by atoms with Crippen molar-refractivity contribution >= 4 is 11.6 Å². The van der Waals surface area contributed by atoms with E-state index < -0.39 is 6.10 Å². The quantitative estimate of drug-likeness (QED) is 0.559. The Morgan fingerprint density at radius 1 is 1.11 bits per heavy atom. The molecule has 0 aliphatic rings. The number of nitrogens with one attached hydrogen (secondary N) is 1. The van der Waals surface area contributed by atoms with Crippen LogP contribution in [0.3, 0.4) is 0 Å². The highest BCUT2D eigenvalue weighted by Gasteiger charge is 2.08. The van der Waals surface area contributed by atoms with E-state index in [1.54, 1.807) is 26.4 Å². The number of rotatable bonds is 11. The fraction of sp³-hybridized carbons (Fsp3) is 0.381. The van der Waals surface area contributed by atoms with Crippen LogP contribution in [-0.4, -0.2) is 45.1 Å². The third-order valence-electron chi connectivity index (χ3n) is 4.14. The number of aryl methyl sites for hydroxylation is 1. The predicted octanol–water partition coefficient (Wildman–Crippen LogP) is 3.19. The number of hydrogen-bond acceptors (Lipinski definition) is 6. The van der Waals surface area contributed by atoms with Gasteiger partial charge in [0.05, 0.1) is 30.9 Å². The standard InChI is InChI=1S/C21H25ClN2O4/c1-26-20-8-5-15(11-21(20)27-2)4-3-9-24-13-17(25)14-28-19-7-6-16(12-23)10-18(19)22/h5-8,10-11,17,24-25H,3-4,9,13-14H2,1-2H3. The van der Waals surface area contributed by atoms with E-state index in [2.05, 4.69) is 5.32 Å². The van der Waals surface area contributed by atoms with Crippen molar-refractivity contribution in [3.63, 3.8) is 0 Å². The van der Waals surface area contributed by atoms with Gasteiger partial charge in [-0.05, 0) is 55.3 Å². The van der Waals surface area contributed by atoms with E-state index in [0.29, 0.717) is 22.9 Å². The average Bonchev–Trinajstić information content (AvgIpc) is 2.72. The molecule has 28 heavy (non-hydrogen) atoms. The molecule has 2 rings (SSSR count). The minimum absolute atomic E-state index is 0.119. The van der Waals surface area contributed by atoms with Gasteiger partial charge in [-0.3, -0.25) is 0 Å². The lowest BCUT2D eigenvalue weighted by Crippen LogP contribution is -2.32. The molecule has 0 aliphatic carbocycles. The topological polar surface area (TPSA) is 83.7 Å². The van der Waals surface area contributed by atoms with E-state index in [0.717, 1.165) is 30.9 Å². The fourth-order valence-electron chi connectivity index (χ4n) is 2.65. The van der Waals surface area contributed by atoms with Gasteiger partial charge in [-0.15, -0.1) is 0 Å². The largest absolute Gasteiger partial charge is 0.493 e. The zero-order valence-corrected chi connectivity index (χ0v) is 16.8. The Balaban J connectivity index is 1.66. The maximum Gasteiger partial charge on any atom is 0.160 e. The number of ether oxygens (including phenoxy) is 3. The summed E-state index contributed by atoms with van der Waals surface area (Å²) in [6.45, 7) is 1.30. The number of hydrogen-bond donors (Lipinski definition) is 2. The molecule has 1 atom stereocenters. The molecule has 2 N–H and O–H groups in total. The monoisotopic (exact) mass is 404 g/mol. The second-order valence-corrected chi connectivity index (χ2v) is 6.63. The van der Waals surface area contributed by atoms with E-state index in [-0.39, 0.29) is 6.61 Å². The molecule has 6 nitrogen and oxygen atoms in total. The average molecular weight is 405 g/mol. The lowest BCUT2D eigenvalue weighted by Gasteiger charge is -2.14. The molecule has 2 aromatic carbocycles. The first-order valence-electron chi connectivity index (χ1n) is 8.99. The van der Waals surface area contributed by atoms with Crippen LogP contribution in [0.25, 0.3) is 0 Å². The maximum absolute atomic E-state index is 10.0. The Hall–Kier alpha value is -2.46. The van der Waals surface area contributed by atoms with Crippen LogP contribution in [0.2, 0.25) is 5.02 Å². The Labute approximate surface area is 170 Å². The number of aliphatic hydroxyl groups is 1. The molecule has 1 unspecified atom stereocenters. The summed E-state index contributed by atoms with van der Waals surface area (Å²) >= 11 is 6.05. The van der Waals surface area contributed by atoms with Gasteiger partial charge in [-0.25, -0.2) is 0 Å². The van der Waals surface area contributed by atoms with Crippen LogP contribution in [0.4, 0.5) is 0 Å². The first-order chi connectivity index (χ1) is 13.6. The summed E-state index contributed by atoms with van der Waals surface area (Å²) in [5.74, 6) is 1.89. The van der Waals surface area contributed by atoms with E-state index in [9.17, 15) is 5.11 Å². The third-order valence-corrected chi connectivity index (χ3v) is 4.43. The molecule has 0 radical (unpaired) electrons. The van der Waals surface area contributed by atoms with Gasteiger partial charge < -0.3 is 24.6 Å². The molecule has 0 aromatic heterocycles. The summed E-state index contributed by atoms with van der Waals surface area (Å²) in [4.78, 5) is 0. The number of halogens is 1. The lowest BCUT2D eigenvalue weighted by molar-refractivity contribution is 0.106. The second kappa shape index (κ2) is 11.4. The molecule has 0 aliphatic heterocycles. The molecular formula is C21H25ClN2O4. The highest BCUT2D eigenvalue weighted by atomic mass is 35.5. The van der Waals surface area contributed by atoms with Crippen molar-refractivity contribution in [1.29, 1.82) is 5.26 Å². The molecule has 0 amide bonds. The number of aliphatic hydroxyl groups excluding tert-OH is 1. The smallest absolute Gasteiger partial charge is 0.160 e. The van der Waals surface area contributed by atoms with Crippen LogP contribution in [-0.2, 0) is 6.42 Å². The van der Waals surface area contributed by atoms with Crippen LogP contribution < -0.4 is 19.5 Å². The van der Waals surface area contributed by atoms with Crippen molar-refractivity contribution in [3.8, 4) is 23.3 Å². The van der Waals surface area contributed by atoms with Crippen molar-refractivity contribution in [1.82, 2.24) is 5.32 Å². The molecule has 0 saturated carbocycles. The van der Waals surface area contributed by atoms with Crippen molar-refractivity contribution in [3.05, 3.63) is 52.5 Å². The number of nitrogens with zero attached hydrogens (tertiary/aromatic N) is 1. The van der Waals surface area contributed by atoms with Gasteiger partial charge in [0.1, 0.15) is 18.5 Å². The number of nitriles is 1. The molecule has 150 valence electrons. The maximum atomic E-state index is 10.0. The molecule has 7 heteroatoms. The van der Waals surface area contributed by atoms with E-state index in [1.807, 2.05) is 24.3 Å².